The number of ether oxygens (including phenoxy) is 1. The molecule has 2 atom stereocenters. The van der Waals surface area contributed by atoms with Crippen LogP contribution in [0.25, 0.3) is 0 Å². The normalized spacial score (nSPS) is 19.8. The number of carbonyl (C=O) groups excluding carboxylic acids is 2. The van der Waals surface area contributed by atoms with Crippen LogP contribution in [0.1, 0.15) is 19.8 Å². The lowest BCUT2D eigenvalue weighted by atomic mass is 10.1. The number of piperidine rings is 1. The third kappa shape index (κ3) is 6.05. The Hall–Kier alpha value is -2.92. The van der Waals surface area contributed by atoms with Gasteiger partial charge < -0.3 is 30.0 Å². The predicted molar refractivity (Wildman–Crippen MR) is 111 cm³/mol. The van der Waals surface area contributed by atoms with Crippen molar-refractivity contribution in [3.63, 3.8) is 0 Å². The number of anilines is 2. The number of hydrogen-bond donors (Lipinski definition) is 3. The Bertz CT molecular complexity index is 826. The first-order valence-corrected chi connectivity index (χ1v) is 10.1. The van der Waals surface area contributed by atoms with Crippen LogP contribution in [0.3, 0.4) is 0 Å². The van der Waals surface area contributed by atoms with Crippen molar-refractivity contribution in [2.75, 3.05) is 49.2 Å². The van der Waals surface area contributed by atoms with Gasteiger partial charge in [0.05, 0.1) is 36.8 Å². The van der Waals surface area contributed by atoms with Crippen LogP contribution in [0.2, 0.25) is 0 Å². The van der Waals surface area contributed by atoms with E-state index < -0.39 is 24.1 Å². The molecule has 11 heteroatoms. The summed E-state index contributed by atoms with van der Waals surface area (Å²) in [7, 11) is 0. The van der Waals surface area contributed by atoms with E-state index in [2.05, 4.69) is 10.5 Å². The summed E-state index contributed by atoms with van der Waals surface area (Å²) in [5.74, 6) is -0.660. The highest BCUT2D eigenvalue weighted by molar-refractivity contribution is 5.90. The number of nitrogens with one attached hydrogen (secondary N) is 1. The second-order valence-corrected chi connectivity index (χ2v) is 7.47. The van der Waals surface area contributed by atoms with Crippen LogP contribution in [0.4, 0.5) is 20.6 Å². The highest BCUT2D eigenvalue weighted by atomic mass is 19.1. The summed E-state index contributed by atoms with van der Waals surface area (Å²) in [6.07, 6.45) is -0.864. The summed E-state index contributed by atoms with van der Waals surface area (Å²) < 4.78 is 20.0. The zero-order chi connectivity index (χ0) is 22.4. The largest absolute Gasteiger partial charge is 0.442 e. The fourth-order valence-corrected chi connectivity index (χ4v) is 3.38. The van der Waals surface area contributed by atoms with Crippen molar-refractivity contribution < 1.29 is 33.8 Å². The van der Waals surface area contributed by atoms with Gasteiger partial charge in [-0.25, -0.2) is 9.18 Å². The summed E-state index contributed by atoms with van der Waals surface area (Å²) in [5.41, 5.74) is 1.64. The van der Waals surface area contributed by atoms with Crippen LogP contribution in [0.5, 0.6) is 0 Å². The smallest absolute Gasteiger partial charge is 0.414 e. The number of aliphatic hydroxyl groups excluding tert-OH is 2. The molecule has 0 saturated carbocycles. The Balaban J connectivity index is 1.56. The molecule has 0 spiro atoms. The van der Waals surface area contributed by atoms with E-state index in [4.69, 9.17) is 14.7 Å². The van der Waals surface area contributed by atoms with Gasteiger partial charge in [0.25, 0.3) is 0 Å². The Kier molecular flexibility index (Phi) is 7.64. The monoisotopic (exact) mass is 438 g/mol. The average molecular weight is 438 g/mol. The van der Waals surface area contributed by atoms with Gasteiger partial charge in [-0.3, -0.25) is 9.69 Å². The molecule has 10 nitrogen and oxygen atoms in total. The highest BCUT2D eigenvalue weighted by Gasteiger charge is 2.33. The van der Waals surface area contributed by atoms with Crippen LogP contribution < -0.4 is 15.1 Å². The summed E-state index contributed by atoms with van der Waals surface area (Å²) in [4.78, 5) is 31.4. The Morgan fingerprint density at radius 2 is 2.16 bits per heavy atom. The summed E-state index contributed by atoms with van der Waals surface area (Å²) in [6, 6.07) is 4.61. The maximum Gasteiger partial charge on any atom is 0.414 e. The number of halogens is 1. The topological polar surface area (TPSA) is 124 Å². The van der Waals surface area contributed by atoms with Crippen molar-refractivity contribution in [1.82, 2.24) is 5.32 Å². The number of rotatable bonds is 8. The van der Waals surface area contributed by atoms with Crippen molar-refractivity contribution >= 4 is 29.1 Å². The minimum Gasteiger partial charge on any atom is -0.442 e. The lowest BCUT2D eigenvalue weighted by Gasteiger charge is -2.30. The second-order valence-electron chi connectivity index (χ2n) is 7.47. The quantitative estimate of drug-likeness (QED) is 0.508. The van der Waals surface area contributed by atoms with Crippen molar-refractivity contribution in [2.24, 2.45) is 5.16 Å². The van der Waals surface area contributed by atoms with Crippen LogP contribution >= 0.6 is 0 Å². The molecule has 2 amide bonds. The molecule has 1 aromatic rings. The van der Waals surface area contributed by atoms with Gasteiger partial charge in [-0.15, -0.1) is 0 Å². The molecule has 2 saturated heterocycles. The van der Waals surface area contributed by atoms with E-state index in [0.29, 0.717) is 37.3 Å². The lowest BCUT2D eigenvalue weighted by Crippen LogP contribution is -2.35. The van der Waals surface area contributed by atoms with Gasteiger partial charge in [0.2, 0.25) is 5.91 Å². The summed E-state index contributed by atoms with van der Waals surface area (Å²) in [5, 5.41) is 24.6. The van der Waals surface area contributed by atoms with Crippen molar-refractivity contribution in [2.45, 2.75) is 32.0 Å². The summed E-state index contributed by atoms with van der Waals surface area (Å²) in [6.45, 7) is 2.44. The molecule has 3 rings (SSSR count). The van der Waals surface area contributed by atoms with Crippen LogP contribution in [0.15, 0.2) is 23.4 Å². The summed E-state index contributed by atoms with van der Waals surface area (Å²) >= 11 is 0. The van der Waals surface area contributed by atoms with E-state index in [-0.39, 0.29) is 32.2 Å². The molecule has 2 fully saturated rings. The zero-order valence-electron chi connectivity index (χ0n) is 17.3. The minimum absolute atomic E-state index is 0.0790. The second kappa shape index (κ2) is 10.4. The zero-order valence-corrected chi connectivity index (χ0v) is 17.3. The number of aliphatic hydroxyl groups is 2. The van der Waals surface area contributed by atoms with Gasteiger partial charge in [0.1, 0.15) is 24.6 Å². The van der Waals surface area contributed by atoms with E-state index >= 15 is 0 Å². The average Bonchev–Trinajstić information content (AvgIpc) is 3.13. The van der Waals surface area contributed by atoms with Gasteiger partial charge in [-0.05, 0) is 18.2 Å². The van der Waals surface area contributed by atoms with Gasteiger partial charge >= 0.3 is 6.09 Å². The van der Waals surface area contributed by atoms with Gasteiger partial charge in [-0.2, -0.15) is 0 Å². The Morgan fingerprint density at radius 1 is 1.42 bits per heavy atom. The maximum absolute atomic E-state index is 14.8. The minimum atomic E-state index is -0.967. The number of carbonyl (C=O) groups is 2. The molecule has 0 aromatic heterocycles. The fourth-order valence-electron chi connectivity index (χ4n) is 3.38. The van der Waals surface area contributed by atoms with Gasteiger partial charge in [-0.1, -0.05) is 5.16 Å². The van der Waals surface area contributed by atoms with E-state index in [1.165, 1.54) is 17.9 Å². The van der Waals surface area contributed by atoms with Crippen molar-refractivity contribution in [3.8, 4) is 0 Å². The molecular weight excluding hydrogens is 411 g/mol. The van der Waals surface area contributed by atoms with E-state index in [1.807, 2.05) is 4.90 Å². The molecule has 2 aliphatic rings. The SMILES string of the molecule is CC(=O)NCC1CN(c2ccc(N3CCC(=NOCC(O)CO)CC3)c(F)c2)C(=O)O1. The molecule has 0 bridgehead atoms. The molecule has 0 radical (unpaired) electrons. The number of oxime groups is 1. The van der Waals surface area contributed by atoms with Crippen molar-refractivity contribution in [1.29, 1.82) is 0 Å². The van der Waals surface area contributed by atoms with Crippen molar-refractivity contribution in [3.05, 3.63) is 24.0 Å². The van der Waals surface area contributed by atoms with Crippen LogP contribution in [0, 0.1) is 5.82 Å². The van der Waals surface area contributed by atoms with E-state index in [1.54, 1.807) is 12.1 Å². The molecule has 2 unspecified atom stereocenters. The first kappa shape index (κ1) is 22.8. The fraction of sp³-hybridized carbons (Fsp3) is 0.550. The Labute approximate surface area is 179 Å². The number of cyclic esters (lactones) is 1. The molecule has 170 valence electrons. The Morgan fingerprint density at radius 3 is 2.81 bits per heavy atom. The third-order valence-electron chi connectivity index (χ3n) is 5.05. The first-order valence-electron chi connectivity index (χ1n) is 10.1. The standard InChI is InChI=1S/C20H27FN4O6/c1-13(27)22-9-17-10-25(20(29)31-17)15-2-3-19(18(21)8-15)24-6-4-14(5-7-24)23-30-12-16(28)11-26/h2-3,8,16-17,26,28H,4-7,9-12H2,1H3,(H,22,27). The molecule has 3 N–H and O–H groups in total. The molecule has 0 aliphatic carbocycles. The number of nitrogens with zero attached hydrogens (tertiary/aromatic N) is 3. The van der Waals surface area contributed by atoms with Gasteiger partial charge in [0, 0.05) is 32.9 Å². The third-order valence-corrected chi connectivity index (χ3v) is 5.05. The molecule has 2 heterocycles. The maximum atomic E-state index is 14.8. The first-order chi connectivity index (χ1) is 14.9. The number of amides is 2. The highest BCUT2D eigenvalue weighted by Crippen LogP contribution is 2.29. The van der Waals surface area contributed by atoms with Crippen LogP contribution in [-0.4, -0.2) is 79.5 Å². The van der Waals surface area contributed by atoms with E-state index in [9.17, 15) is 19.1 Å². The number of benzene rings is 1. The molecular formula is C20H27FN4O6. The van der Waals surface area contributed by atoms with Crippen LogP contribution in [-0.2, 0) is 14.4 Å². The lowest BCUT2D eigenvalue weighted by molar-refractivity contribution is -0.119. The van der Waals surface area contributed by atoms with Gasteiger partial charge in [0.15, 0.2) is 0 Å². The molecule has 31 heavy (non-hydrogen) atoms. The van der Waals surface area contributed by atoms with E-state index in [0.717, 1.165) is 5.71 Å². The predicted octanol–water partition coefficient (Wildman–Crippen LogP) is 0.613. The number of hydrogen-bond acceptors (Lipinski definition) is 8. The molecule has 1 aromatic carbocycles. The molecule has 2 aliphatic heterocycles.